The Morgan fingerprint density at radius 2 is 2.31 bits per heavy atom. The maximum atomic E-state index is 5.72. The first-order chi connectivity index (χ1) is 6.24. The summed E-state index contributed by atoms with van der Waals surface area (Å²) in [5, 5.41) is 4.00. The molecule has 0 amide bonds. The van der Waals surface area contributed by atoms with Gasteiger partial charge >= 0.3 is 0 Å². The zero-order valence-corrected chi connectivity index (χ0v) is 8.25. The first kappa shape index (κ1) is 8.78. The van der Waals surface area contributed by atoms with Gasteiger partial charge in [0.05, 0.1) is 11.1 Å². The van der Waals surface area contributed by atoms with Crippen LogP contribution >= 0.6 is 11.6 Å². The molecule has 0 aliphatic carbocycles. The highest BCUT2D eigenvalue weighted by Crippen LogP contribution is 2.13. The number of aromatic nitrogens is 1. The van der Waals surface area contributed by atoms with Gasteiger partial charge in [0.1, 0.15) is 5.82 Å². The fraction of sp³-hybridized carbons (Fsp3) is 0.444. The summed E-state index contributed by atoms with van der Waals surface area (Å²) in [5.41, 5.74) is 0. The van der Waals surface area contributed by atoms with Gasteiger partial charge in [-0.05, 0) is 19.2 Å². The molecule has 4 heteroatoms. The molecule has 70 valence electrons. The highest BCUT2D eigenvalue weighted by molar-refractivity contribution is 6.30. The molecule has 0 atom stereocenters. The Labute approximate surface area is 82.7 Å². The number of likely N-dealkylation sites (tertiary alicyclic amines) is 1. The lowest BCUT2D eigenvalue weighted by molar-refractivity contribution is 0.205. The summed E-state index contributed by atoms with van der Waals surface area (Å²) >= 11 is 5.72. The predicted octanol–water partition coefficient (Wildman–Crippen LogP) is 1.46. The molecule has 2 rings (SSSR count). The van der Waals surface area contributed by atoms with Crippen molar-refractivity contribution in [2.75, 3.05) is 25.5 Å². The van der Waals surface area contributed by atoms with Gasteiger partial charge in [-0.2, -0.15) is 0 Å². The van der Waals surface area contributed by atoms with E-state index in [2.05, 4.69) is 22.2 Å². The lowest BCUT2D eigenvalue weighted by Crippen LogP contribution is -2.52. The van der Waals surface area contributed by atoms with E-state index in [0.29, 0.717) is 11.1 Å². The molecule has 1 aliphatic rings. The van der Waals surface area contributed by atoms with E-state index in [1.807, 2.05) is 12.1 Å². The van der Waals surface area contributed by atoms with Crippen LogP contribution in [0.15, 0.2) is 18.3 Å². The summed E-state index contributed by atoms with van der Waals surface area (Å²) in [6.07, 6.45) is 1.66. The van der Waals surface area contributed by atoms with Crippen molar-refractivity contribution < 1.29 is 0 Å². The van der Waals surface area contributed by atoms with Crippen LogP contribution in [0, 0.1) is 0 Å². The number of pyridine rings is 1. The molecule has 2 heterocycles. The van der Waals surface area contributed by atoms with E-state index in [9.17, 15) is 0 Å². The summed E-state index contributed by atoms with van der Waals surface area (Å²) in [7, 11) is 2.10. The van der Waals surface area contributed by atoms with Crippen LogP contribution in [0.3, 0.4) is 0 Å². The topological polar surface area (TPSA) is 28.2 Å². The fourth-order valence-corrected chi connectivity index (χ4v) is 1.57. The van der Waals surface area contributed by atoms with Gasteiger partial charge < -0.3 is 10.2 Å². The zero-order chi connectivity index (χ0) is 9.26. The van der Waals surface area contributed by atoms with Crippen molar-refractivity contribution in [2.24, 2.45) is 0 Å². The third kappa shape index (κ3) is 2.11. The summed E-state index contributed by atoms with van der Waals surface area (Å²) in [4.78, 5) is 6.42. The van der Waals surface area contributed by atoms with Crippen LogP contribution in [0.25, 0.3) is 0 Å². The summed E-state index contributed by atoms with van der Waals surface area (Å²) < 4.78 is 0. The molecular weight excluding hydrogens is 186 g/mol. The van der Waals surface area contributed by atoms with Crippen molar-refractivity contribution in [1.29, 1.82) is 0 Å². The third-order valence-electron chi connectivity index (χ3n) is 2.14. The van der Waals surface area contributed by atoms with Crippen molar-refractivity contribution >= 4 is 17.4 Å². The van der Waals surface area contributed by atoms with E-state index in [-0.39, 0.29) is 0 Å². The Balaban J connectivity index is 1.91. The number of anilines is 1. The maximum absolute atomic E-state index is 5.72. The second kappa shape index (κ2) is 3.52. The number of nitrogens with one attached hydrogen (secondary N) is 1. The Kier molecular flexibility index (Phi) is 2.38. The van der Waals surface area contributed by atoms with Crippen LogP contribution in [0.5, 0.6) is 0 Å². The highest BCUT2D eigenvalue weighted by atomic mass is 35.5. The molecule has 0 radical (unpaired) electrons. The normalized spacial score (nSPS) is 18.3. The number of halogens is 1. The summed E-state index contributed by atoms with van der Waals surface area (Å²) in [5.74, 6) is 0.905. The largest absolute Gasteiger partial charge is 0.365 e. The van der Waals surface area contributed by atoms with E-state index < -0.39 is 0 Å². The van der Waals surface area contributed by atoms with Crippen molar-refractivity contribution in [3.8, 4) is 0 Å². The molecule has 0 saturated carbocycles. The Morgan fingerprint density at radius 3 is 2.85 bits per heavy atom. The van der Waals surface area contributed by atoms with Crippen LogP contribution < -0.4 is 5.32 Å². The molecule has 1 fully saturated rings. The van der Waals surface area contributed by atoms with E-state index in [0.717, 1.165) is 18.9 Å². The van der Waals surface area contributed by atoms with Crippen LogP contribution in [0.1, 0.15) is 0 Å². The number of hydrogen-bond acceptors (Lipinski definition) is 3. The molecule has 1 saturated heterocycles. The second-order valence-corrected chi connectivity index (χ2v) is 3.86. The smallest absolute Gasteiger partial charge is 0.126 e. The van der Waals surface area contributed by atoms with Gasteiger partial charge in [-0.3, -0.25) is 0 Å². The lowest BCUT2D eigenvalue weighted by atomic mass is 10.1. The first-order valence-corrected chi connectivity index (χ1v) is 4.68. The molecule has 0 unspecified atom stereocenters. The van der Waals surface area contributed by atoms with Gasteiger partial charge in [-0.15, -0.1) is 0 Å². The highest BCUT2D eigenvalue weighted by Gasteiger charge is 2.22. The van der Waals surface area contributed by atoms with Crippen LogP contribution in [0.4, 0.5) is 5.82 Å². The van der Waals surface area contributed by atoms with E-state index in [1.165, 1.54) is 0 Å². The molecule has 0 spiro atoms. The van der Waals surface area contributed by atoms with Gasteiger partial charge in [-0.1, -0.05) is 11.6 Å². The Bertz CT molecular complexity index is 279. The van der Waals surface area contributed by atoms with Crippen molar-refractivity contribution in [3.05, 3.63) is 23.4 Å². The quantitative estimate of drug-likeness (QED) is 0.778. The standard InChI is InChI=1S/C9H12ClN3/c1-13-5-8(6-13)12-9-3-2-7(10)4-11-9/h2-4,8H,5-6H2,1H3,(H,11,12). The van der Waals surface area contributed by atoms with Crippen LogP contribution in [-0.2, 0) is 0 Å². The van der Waals surface area contributed by atoms with E-state index in [4.69, 9.17) is 11.6 Å². The third-order valence-corrected chi connectivity index (χ3v) is 2.37. The molecule has 3 nitrogen and oxygen atoms in total. The molecule has 0 aromatic carbocycles. The molecular formula is C9H12ClN3. The molecule has 1 aromatic heterocycles. The molecule has 1 aromatic rings. The molecule has 1 aliphatic heterocycles. The average molecular weight is 198 g/mol. The number of rotatable bonds is 2. The Hall–Kier alpha value is -0.800. The van der Waals surface area contributed by atoms with Gasteiger partial charge in [0.25, 0.3) is 0 Å². The van der Waals surface area contributed by atoms with E-state index in [1.54, 1.807) is 6.20 Å². The number of nitrogens with zero attached hydrogens (tertiary/aromatic N) is 2. The summed E-state index contributed by atoms with van der Waals surface area (Å²) in [6, 6.07) is 4.29. The Morgan fingerprint density at radius 1 is 1.54 bits per heavy atom. The van der Waals surface area contributed by atoms with Crippen molar-refractivity contribution in [1.82, 2.24) is 9.88 Å². The minimum atomic E-state index is 0.540. The van der Waals surface area contributed by atoms with Crippen molar-refractivity contribution in [2.45, 2.75) is 6.04 Å². The summed E-state index contributed by atoms with van der Waals surface area (Å²) in [6.45, 7) is 2.18. The van der Waals surface area contributed by atoms with E-state index >= 15 is 0 Å². The minimum absolute atomic E-state index is 0.540. The molecule has 1 N–H and O–H groups in total. The maximum Gasteiger partial charge on any atom is 0.126 e. The molecule has 0 bridgehead atoms. The van der Waals surface area contributed by atoms with Crippen LogP contribution in [0.2, 0.25) is 5.02 Å². The zero-order valence-electron chi connectivity index (χ0n) is 7.50. The molecule has 13 heavy (non-hydrogen) atoms. The lowest BCUT2D eigenvalue weighted by Gasteiger charge is -2.36. The average Bonchev–Trinajstić information content (AvgIpc) is 2.06. The second-order valence-electron chi connectivity index (χ2n) is 3.42. The van der Waals surface area contributed by atoms with Gasteiger partial charge in [0.15, 0.2) is 0 Å². The van der Waals surface area contributed by atoms with Gasteiger partial charge in [0, 0.05) is 19.3 Å². The first-order valence-electron chi connectivity index (χ1n) is 4.30. The number of hydrogen-bond donors (Lipinski definition) is 1. The SMILES string of the molecule is CN1CC(Nc2ccc(Cl)cn2)C1. The van der Waals surface area contributed by atoms with Gasteiger partial charge in [0.2, 0.25) is 0 Å². The minimum Gasteiger partial charge on any atom is -0.365 e. The van der Waals surface area contributed by atoms with Crippen LogP contribution in [-0.4, -0.2) is 36.1 Å². The monoisotopic (exact) mass is 197 g/mol. The fourth-order valence-electron chi connectivity index (χ4n) is 1.46. The van der Waals surface area contributed by atoms with Gasteiger partial charge in [-0.25, -0.2) is 4.98 Å². The van der Waals surface area contributed by atoms with Crippen molar-refractivity contribution in [3.63, 3.8) is 0 Å². The number of likely N-dealkylation sites (N-methyl/N-ethyl adjacent to an activating group) is 1. The predicted molar refractivity (Wildman–Crippen MR) is 54.2 cm³/mol.